The number of nitrogens with one attached hydrogen (secondary N) is 1. The molecule has 0 amide bonds. The molecule has 1 fully saturated rings. The lowest BCUT2D eigenvalue weighted by molar-refractivity contribution is 0.217. The zero-order chi connectivity index (χ0) is 13.0. The number of thioether (sulfide) groups is 1. The topological polar surface area (TPSA) is 15.3 Å². The van der Waals surface area contributed by atoms with Crippen molar-refractivity contribution in [2.24, 2.45) is 0 Å². The fourth-order valence-electron chi connectivity index (χ4n) is 2.40. The summed E-state index contributed by atoms with van der Waals surface area (Å²) in [5, 5.41) is 3.75. The second-order valence-corrected chi connectivity index (χ2v) is 7.47. The number of aryl methyl sites for hydroxylation is 1. The van der Waals surface area contributed by atoms with Crippen molar-refractivity contribution in [3.05, 3.63) is 21.9 Å². The van der Waals surface area contributed by atoms with Gasteiger partial charge in [-0.15, -0.1) is 11.3 Å². The third-order valence-corrected chi connectivity index (χ3v) is 5.64. The SMILES string of the molecule is CCCNC(c1ccc(C)s1)C1CSCCN1C. The fourth-order valence-corrected chi connectivity index (χ4v) is 4.69. The maximum absolute atomic E-state index is 3.75. The van der Waals surface area contributed by atoms with Gasteiger partial charge in [0, 0.05) is 33.8 Å². The van der Waals surface area contributed by atoms with Gasteiger partial charge < -0.3 is 5.32 Å². The highest BCUT2D eigenvalue weighted by atomic mass is 32.2. The molecule has 102 valence electrons. The molecule has 1 saturated heterocycles. The number of likely N-dealkylation sites (N-methyl/N-ethyl adjacent to an activating group) is 1. The molecule has 0 saturated carbocycles. The lowest BCUT2D eigenvalue weighted by Gasteiger charge is -2.37. The van der Waals surface area contributed by atoms with E-state index in [-0.39, 0.29) is 0 Å². The monoisotopic (exact) mass is 284 g/mol. The van der Waals surface area contributed by atoms with Gasteiger partial charge in [-0.05, 0) is 39.1 Å². The van der Waals surface area contributed by atoms with E-state index in [0.29, 0.717) is 12.1 Å². The summed E-state index contributed by atoms with van der Waals surface area (Å²) in [4.78, 5) is 5.44. The molecule has 1 aromatic rings. The first-order valence-electron chi connectivity index (χ1n) is 6.80. The van der Waals surface area contributed by atoms with E-state index in [4.69, 9.17) is 0 Å². The molecule has 2 unspecified atom stereocenters. The minimum Gasteiger partial charge on any atom is -0.308 e. The molecule has 0 aliphatic carbocycles. The van der Waals surface area contributed by atoms with Crippen LogP contribution < -0.4 is 5.32 Å². The van der Waals surface area contributed by atoms with Gasteiger partial charge in [-0.25, -0.2) is 0 Å². The lowest BCUT2D eigenvalue weighted by atomic mass is 10.1. The summed E-state index contributed by atoms with van der Waals surface area (Å²) in [6.07, 6.45) is 1.20. The van der Waals surface area contributed by atoms with Gasteiger partial charge >= 0.3 is 0 Å². The first-order valence-corrected chi connectivity index (χ1v) is 8.77. The Hall–Kier alpha value is -0.0300. The van der Waals surface area contributed by atoms with E-state index in [1.807, 2.05) is 11.3 Å². The predicted molar refractivity (Wildman–Crippen MR) is 83.8 cm³/mol. The molecule has 2 nitrogen and oxygen atoms in total. The second kappa shape index (κ2) is 6.94. The largest absolute Gasteiger partial charge is 0.308 e. The minimum atomic E-state index is 0.501. The Morgan fingerprint density at radius 1 is 1.50 bits per heavy atom. The van der Waals surface area contributed by atoms with E-state index >= 15 is 0 Å². The van der Waals surface area contributed by atoms with Gasteiger partial charge in [0.05, 0.1) is 6.04 Å². The van der Waals surface area contributed by atoms with Crippen LogP contribution in [0.3, 0.4) is 0 Å². The first kappa shape index (κ1) is 14.4. The van der Waals surface area contributed by atoms with E-state index in [9.17, 15) is 0 Å². The van der Waals surface area contributed by atoms with Gasteiger partial charge in [0.15, 0.2) is 0 Å². The Bertz CT molecular complexity index is 364. The van der Waals surface area contributed by atoms with Gasteiger partial charge in [0.2, 0.25) is 0 Å². The summed E-state index contributed by atoms with van der Waals surface area (Å²) < 4.78 is 0. The van der Waals surface area contributed by atoms with Crippen LogP contribution in [0.25, 0.3) is 0 Å². The van der Waals surface area contributed by atoms with Crippen molar-refractivity contribution in [1.29, 1.82) is 0 Å². The second-order valence-electron chi connectivity index (χ2n) is 5.00. The molecular formula is C14H24N2S2. The van der Waals surface area contributed by atoms with Gasteiger partial charge in [-0.1, -0.05) is 6.92 Å². The van der Waals surface area contributed by atoms with Crippen molar-refractivity contribution in [2.75, 3.05) is 31.6 Å². The first-order chi connectivity index (χ1) is 8.72. The molecule has 2 atom stereocenters. The molecule has 1 aliphatic rings. The Morgan fingerprint density at radius 2 is 2.33 bits per heavy atom. The van der Waals surface area contributed by atoms with Crippen LogP contribution in [-0.4, -0.2) is 42.6 Å². The average molecular weight is 284 g/mol. The number of nitrogens with zero attached hydrogens (tertiary/aromatic N) is 1. The standard InChI is InChI=1S/C14H24N2S2/c1-4-7-15-14(13-6-5-11(2)18-13)12-10-17-9-8-16(12)3/h5-6,12,14-15H,4,7-10H2,1-3H3. The summed E-state index contributed by atoms with van der Waals surface area (Å²) >= 11 is 4.04. The van der Waals surface area contributed by atoms with Gasteiger partial charge in [0.1, 0.15) is 0 Å². The molecule has 4 heteroatoms. The van der Waals surface area contributed by atoms with Crippen molar-refractivity contribution < 1.29 is 0 Å². The van der Waals surface area contributed by atoms with E-state index in [1.165, 1.54) is 34.2 Å². The molecule has 0 aromatic carbocycles. The Kier molecular flexibility index (Phi) is 5.55. The van der Waals surface area contributed by atoms with Crippen LogP contribution in [0.15, 0.2) is 12.1 Å². The zero-order valence-corrected chi connectivity index (χ0v) is 13.2. The van der Waals surface area contributed by atoms with Crippen molar-refractivity contribution in [3.8, 4) is 0 Å². The molecule has 1 N–H and O–H groups in total. The smallest absolute Gasteiger partial charge is 0.0580 e. The predicted octanol–water partition coefficient (Wildman–Crippen LogP) is 3.14. The third-order valence-electron chi connectivity index (χ3n) is 3.51. The van der Waals surface area contributed by atoms with Crippen LogP contribution in [0.4, 0.5) is 0 Å². The number of hydrogen-bond donors (Lipinski definition) is 1. The molecule has 2 rings (SSSR count). The van der Waals surface area contributed by atoms with Crippen LogP contribution >= 0.6 is 23.1 Å². The number of hydrogen-bond acceptors (Lipinski definition) is 4. The number of rotatable bonds is 5. The summed E-state index contributed by atoms with van der Waals surface area (Å²) in [6.45, 7) is 6.76. The minimum absolute atomic E-state index is 0.501. The van der Waals surface area contributed by atoms with Crippen LogP contribution in [-0.2, 0) is 0 Å². The van der Waals surface area contributed by atoms with Crippen LogP contribution in [0.2, 0.25) is 0 Å². The average Bonchev–Trinajstić information content (AvgIpc) is 2.78. The Balaban J connectivity index is 2.13. The van der Waals surface area contributed by atoms with Crippen molar-refractivity contribution in [1.82, 2.24) is 10.2 Å². The molecule has 2 heterocycles. The van der Waals surface area contributed by atoms with E-state index in [1.54, 1.807) is 0 Å². The Morgan fingerprint density at radius 3 is 2.94 bits per heavy atom. The molecule has 1 aromatic heterocycles. The maximum atomic E-state index is 3.75. The highest BCUT2D eigenvalue weighted by Crippen LogP contribution is 2.31. The van der Waals surface area contributed by atoms with Gasteiger partial charge in [-0.2, -0.15) is 11.8 Å². The molecular weight excluding hydrogens is 260 g/mol. The quantitative estimate of drug-likeness (QED) is 0.894. The Labute approximate surface area is 119 Å². The van der Waals surface area contributed by atoms with E-state index < -0.39 is 0 Å². The maximum Gasteiger partial charge on any atom is 0.0580 e. The van der Waals surface area contributed by atoms with Crippen molar-refractivity contribution >= 4 is 23.1 Å². The summed E-state index contributed by atoms with van der Waals surface area (Å²) in [5.74, 6) is 2.52. The molecule has 1 aliphatic heterocycles. The van der Waals surface area contributed by atoms with E-state index in [0.717, 1.165) is 6.54 Å². The third kappa shape index (κ3) is 3.50. The molecule has 0 bridgehead atoms. The summed E-state index contributed by atoms with van der Waals surface area (Å²) in [5.41, 5.74) is 0. The van der Waals surface area contributed by atoms with E-state index in [2.05, 4.69) is 55.0 Å². The van der Waals surface area contributed by atoms with Crippen LogP contribution in [0.5, 0.6) is 0 Å². The highest BCUT2D eigenvalue weighted by Gasteiger charge is 2.29. The molecule has 0 radical (unpaired) electrons. The normalized spacial score (nSPS) is 23.2. The summed E-state index contributed by atoms with van der Waals surface area (Å²) in [7, 11) is 2.27. The molecule has 18 heavy (non-hydrogen) atoms. The lowest BCUT2D eigenvalue weighted by Crippen LogP contribution is -2.47. The number of thiophene rings is 1. The fraction of sp³-hybridized carbons (Fsp3) is 0.714. The molecule has 0 spiro atoms. The van der Waals surface area contributed by atoms with Crippen LogP contribution in [0.1, 0.15) is 29.1 Å². The highest BCUT2D eigenvalue weighted by molar-refractivity contribution is 7.99. The van der Waals surface area contributed by atoms with Crippen LogP contribution in [0, 0.1) is 6.92 Å². The van der Waals surface area contributed by atoms with Gasteiger partial charge in [0.25, 0.3) is 0 Å². The zero-order valence-electron chi connectivity index (χ0n) is 11.6. The van der Waals surface area contributed by atoms with Gasteiger partial charge in [-0.3, -0.25) is 4.90 Å². The summed E-state index contributed by atoms with van der Waals surface area (Å²) in [6, 6.07) is 5.69. The van der Waals surface area contributed by atoms with Crippen molar-refractivity contribution in [2.45, 2.75) is 32.4 Å². The van der Waals surface area contributed by atoms with Crippen molar-refractivity contribution in [3.63, 3.8) is 0 Å².